The fraction of sp³-hybridized carbons (Fsp3) is 0.231. The van der Waals surface area contributed by atoms with Gasteiger partial charge in [0.15, 0.2) is 0 Å². The molecule has 0 fully saturated rings. The number of fused-ring (bicyclic) bond motifs is 1. The topological polar surface area (TPSA) is 118 Å². The zero-order valence-corrected chi connectivity index (χ0v) is 13.4. The predicted octanol–water partition coefficient (Wildman–Crippen LogP) is 1.91. The molecule has 0 atom stereocenters. The van der Waals surface area contributed by atoms with E-state index in [0.717, 1.165) is 21.2 Å². The van der Waals surface area contributed by atoms with Crippen molar-refractivity contribution in [2.75, 3.05) is 12.6 Å². The van der Waals surface area contributed by atoms with Crippen LogP contribution in [0.4, 0.5) is 0 Å². The van der Waals surface area contributed by atoms with Crippen LogP contribution in [0.3, 0.4) is 0 Å². The molecular weight excluding hydrogens is 328 g/mol. The summed E-state index contributed by atoms with van der Waals surface area (Å²) < 4.78 is 22.3. The Morgan fingerprint density at radius 2 is 1.36 bits per heavy atom. The van der Waals surface area contributed by atoms with E-state index in [4.69, 9.17) is 19.6 Å². The maximum absolute atomic E-state index is 11.1. The Balaban J connectivity index is 2.23. The number of hydrogen-bond donors (Lipinski definition) is 4. The minimum atomic E-state index is -4.41. The molecule has 2 rings (SSSR count). The number of hydrogen-bond acceptors (Lipinski definition) is 3. The van der Waals surface area contributed by atoms with Crippen LogP contribution in [0.5, 0.6) is 0 Å². The van der Waals surface area contributed by atoms with Crippen LogP contribution in [0.2, 0.25) is 0 Å². The second kappa shape index (κ2) is 6.60. The molecule has 7 nitrogen and oxygen atoms in total. The van der Waals surface area contributed by atoms with Crippen molar-refractivity contribution < 1.29 is 28.7 Å². The highest BCUT2D eigenvalue weighted by Crippen LogP contribution is 2.41. The molecular formula is C13H17NO6P2. The molecule has 2 aromatic rings. The van der Waals surface area contributed by atoms with Crippen LogP contribution in [-0.4, -0.2) is 37.0 Å². The quantitative estimate of drug-likeness (QED) is 0.591. The maximum Gasteiger partial charge on any atom is 0.339 e. The Morgan fingerprint density at radius 1 is 0.818 bits per heavy atom. The van der Waals surface area contributed by atoms with Crippen molar-refractivity contribution in [1.29, 1.82) is 0 Å². The van der Waals surface area contributed by atoms with Gasteiger partial charge in [-0.2, -0.15) is 0 Å². The van der Waals surface area contributed by atoms with Crippen molar-refractivity contribution in [2.24, 2.45) is 0 Å². The Kier molecular flexibility index (Phi) is 5.20. The van der Waals surface area contributed by atoms with Crippen LogP contribution in [-0.2, 0) is 15.7 Å². The minimum Gasteiger partial charge on any atom is -0.324 e. The van der Waals surface area contributed by atoms with E-state index in [1.54, 1.807) is 6.07 Å². The van der Waals surface area contributed by atoms with Gasteiger partial charge in [-0.1, -0.05) is 36.4 Å². The molecule has 0 unspecified atom stereocenters. The third-order valence-electron chi connectivity index (χ3n) is 2.99. The molecule has 0 aliphatic heterocycles. The van der Waals surface area contributed by atoms with Crippen LogP contribution in [0.25, 0.3) is 10.8 Å². The molecule has 0 aromatic heterocycles. The smallest absolute Gasteiger partial charge is 0.324 e. The van der Waals surface area contributed by atoms with Gasteiger partial charge in [0, 0.05) is 6.54 Å². The van der Waals surface area contributed by atoms with Gasteiger partial charge in [0.2, 0.25) is 0 Å². The molecule has 0 radical (unpaired) electrons. The van der Waals surface area contributed by atoms with Crippen LogP contribution < -0.4 is 0 Å². The van der Waals surface area contributed by atoms with Gasteiger partial charge in [-0.05, 0) is 22.4 Å². The Bertz CT molecular complexity index is 729. The summed E-state index contributed by atoms with van der Waals surface area (Å²) in [6.07, 6.45) is -1.41. The van der Waals surface area contributed by atoms with Gasteiger partial charge in [-0.3, -0.25) is 14.0 Å². The summed E-state index contributed by atoms with van der Waals surface area (Å²) in [6, 6.07) is 13.1. The van der Waals surface area contributed by atoms with Gasteiger partial charge in [-0.15, -0.1) is 0 Å². The van der Waals surface area contributed by atoms with Gasteiger partial charge in [0.1, 0.15) is 12.6 Å². The fourth-order valence-corrected chi connectivity index (χ4v) is 3.86. The first-order chi connectivity index (χ1) is 10.1. The van der Waals surface area contributed by atoms with Crippen molar-refractivity contribution in [3.63, 3.8) is 0 Å². The largest absolute Gasteiger partial charge is 0.339 e. The summed E-state index contributed by atoms with van der Waals surface area (Å²) in [7, 11) is -8.82. The van der Waals surface area contributed by atoms with E-state index >= 15 is 0 Å². The van der Waals surface area contributed by atoms with E-state index < -0.39 is 27.8 Å². The molecule has 4 N–H and O–H groups in total. The molecule has 2 aromatic carbocycles. The van der Waals surface area contributed by atoms with Crippen LogP contribution >= 0.6 is 15.2 Å². The standard InChI is InChI=1S/C13H17NO6P2/c15-21(16,17)9-14(10-22(18,19)20)8-11-5-6-12-3-1-2-4-13(12)7-11/h1-7H,8-10H2,(H2,15,16,17)(H2,18,19,20). The molecule has 120 valence electrons. The van der Waals surface area contributed by atoms with Crippen LogP contribution in [0.1, 0.15) is 5.56 Å². The lowest BCUT2D eigenvalue weighted by molar-refractivity contribution is 0.273. The molecule has 0 amide bonds. The van der Waals surface area contributed by atoms with Crippen molar-refractivity contribution in [3.8, 4) is 0 Å². The summed E-state index contributed by atoms with van der Waals surface area (Å²) in [5.74, 6) is 0. The Hall–Kier alpha value is -1.04. The molecule has 9 heteroatoms. The summed E-state index contributed by atoms with van der Waals surface area (Å²) in [5.41, 5.74) is 0.723. The van der Waals surface area contributed by atoms with E-state index in [-0.39, 0.29) is 6.54 Å². The molecule has 0 saturated carbocycles. The molecule has 22 heavy (non-hydrogen) atoms. The first kappa shape index (κ1) is 17.3. The second-order valence-electron chi connectivity index (χ2n) is 5.12. The van der Waals surface area contributed by atoms with E-state index in [9.17, 15) is 9.13 Å². The van der Waals surface area contributed by atoms with Gasteiger partial charge in [0.05, 0.1) is 0 Å². The lowest BCUT2D eigenvalue weighted by atomic mass is 10.1. The summed E-state index contributed by atoms with van der Waals surface area (Å²) >= 11 is 0. The Morgan fingerprint density at radius 3 is 1.91 bits per heavy atom. The number of rotatable bonds is 6. The molecule has 0 spiro atoms. The van der Waals surface area contributed by atoms with Crippen molar-refractivity contribution >= 4 is 26.0 Å². The van der Waals surface area contributed by atoms with E-state index in [2.05, 4.69) is 0 Å². The SMILES string of the molecule is O=P(O)(O)CN(Cc1ccc2ccccc2c1)CP(=O)(O)O. The highest BCUT2D eigenvalue weighted by Gasteiger charge is 2.25. The monoisotopic (exact) mass is 345 g/mol. The van der Waals surface area contributed by atoms with Gasteiger partial charge >= 0.3 is 15.2 Å². The maximum atomic E-state index is 11.1. The minimum absolute atomic E-state index is 0.0427. The predicted molar refractivity (Wildman–Crippen MR) is 83.3 cm³/mol. The van der Waals surface area contributed by atoms with Crippen molar-refractivity contribution in [3.05, 3.63) is 48.0 Å². The average molecular weight is 345 g/mol. The van der Waals surface area contributed by atoms with Gasteiger partial charge < -0.3 is 19.6 Å². The lowest BCUT2D eigenvalue weighted by Crippen LogP contribution is -2.25. The number of nitrogens with zero attached hydrogens (tertiary/aromatic N) is 1. The first-order valence-corrected chi connectivity index (χ1v) is 10.0. The third kappa shape index (κ3) is 5.63. The third-order valence-corrected chi connectivity index (χ3v) is 4.53. The highest BCUT2D eigenvalue weighted by molar-refractivity contribution is 7.52. The molecule has 0 saturated heterocycles. The van der Waals surface area contributed by atoms with Gasteiger partial charge in [-0.25, -0.2) is 0 Å². The normalized spacial score (nSPS) is 13.0. The lowest BCUT2D eigenvalue weighted by Gasteiger charge is -2.23. The summed E-state index contributed by atoms with van der Waals surface area (Å²) in [6.45, 7) is 0.0427. The summed E-state index contributed by atoms with van der Waals surface area (Å²) in [5, 5.41) is 1.97. The summed E-state index contributed by atoms with van der Waals surface area (Å²) in [4.78, 5) is 37.3. The zero-order chi connectivity index (χ0) is 16.4. The van der Waals surface area contributed by atoms with E-state index in [1.807, 2.05) is 36.4 Å². The van der Waals surface area contributed by atoms with Crippen molar-refractivity contribution in [1.82, 2.24) is 4.90 Å². The zero-order valence-electron chi connectivity index (χ0n) is 11.6. The molecule has 0 aliphatic rings. The molecule has 0 heterocycles. The van der Waals surface area contributed by atoms with Gasteiger partial charge in [0.25, 0.3) is 0 Å². The fourth-order valence-electron chi connectivity index (χ4n) is 2.26. The second-order valence-corrected chi connectivity index (χ2v) is 8.35. The molecule has 0 aliphatic carbocycles. The van der Waals surface area contributed by atoms with Crippen molar-refractivity contribution in [2.45, 2.75) is 6.54 Å². The van der Waals surface area contributed by atoms with Crippen LogP contribution in [0, 0.1) is 0 Å². The number of benzene rings is 2. The average Bonchev–Trinajstić information content (AvgIpc) is 2.34. The van der Waals surface area contributed by atoms with E-state index in [1.165, 1.54) is 0 Å². The van der Waals surface area contributed by atoms with E-state index in [0.29, 0.717) is 0 Å². The Labute approximate surface area is 127 Å². The first-order valence-electron chi connectivity index (χ1n) is 6.42. The highest BCUT2D eigenvalue weighted by atomic mass is 31.2. The van der Waals surface area contributed by atoms with Crippen LogP contribution in [0.15, 0.2) is 42.5 Å². The molecule has 0 bridgehead atoms.